The predicted molar refractivity (Wildman–Crippen MR) is 108 cm³/mol. The summed E-state index contributed by atoms with van der Waals surface area (Å²) in [5, 5.41) is 0. The summed E-state index contributed by atoms with van der Waals surface area (Å²) in [5.74, 6) is 0.967. The van der Waals surface area contributed by atoms with Gasteiger partial charge < -0.3 is 0 Å². The first-order valence-electron chi connectivity index (χ1n) is 7.89. The molecule has 0 aliphatic rings. The third-order valence-electron chi connectivity index (χ3n) is 3.53. The van der Waals surface area contributed by atoms with E-state index in [9.17, 15) is 0 Å². The minimum atomic E-state index is 0.895. The largest absolute Gasteiger partial charge is 0.263 e. The molecule has 0 fully saturated rings. The molecule has 0 radical (unpaired) electrons. The van der Waals surface area contributed by atoms with Gasteiger partial charge in [0.1, 0.15) is 0 Å². The van der Waals surface area contributed by atoms with E-state index in [-0.39, 0.29) is 0 Å². The number of benzene rings is 1. The van der Waals surface area contributed by atoms with Gasteiger partial charge in [0.25, 0.3) is 0 Å². The molecule has 0 unspecified atom stereocenters. The molecule has 2 nitrogen and oxygen atoms in total. The molecule has 2 aromatic rings. The smallest absolute Gasteiger partial charge is 0.0771 e. The summed E-state index contributed by atoms with van der Waals surface area (Å²) in [6.45, 7) is 11.7. The summed E-state index contributed by atoms with van der Waals surface area (Å²) in [5.41, 5.74) is 5.15. The molecule has 0 bridgehead atoms. The lowest BCUT2D eigenvalue weighted by molar-refractivity contribution is 1.28. The van der Waals surface area contributed by atoms with E-state index in [2.05, 4.69) is 48.4 Å². The van der Waals surface area contributed by atoms with E-state index in [1.165, 1.54) is 0 Å². The maximum absolute atomic E-state index is 4.53. The molecule has 0 saturated heterocycles. The predicted octanol–water partition coefficient (Wildman–Crippen LogP) is 6.34. The number of allylic oxidation sites excluding steroid dienone is 5. The normalized spacial score (nSPS) is 11.7. The Balaban J connectivity index is 2.70. The molecule has 0 spiro atoms. The van der Waals surface area contributed by atoms with Crippen molar-refractivity contribution in [3.8, 4) is 11.3 Å². The van der Waals surface area contributed by atoms with Crippen molar-refractivity contribution in [2.24, 2.45) is 4.99 Å². The highest BCUT2D eigenvalue weighted by Gasteiger charge is 2.14. The molecule has 0 atom stereocenters. The van der Waals surface area contributed by atoms with Gasteiger partial charge in [0, 0.05) is 16.7 Å². The van der Waals surface area contributed by atoms with E-state index >= 15 is 0 Å². The van der Waals surface area contributed by atoms with Crippen molar-refractivity contribution < 1.29 is 0 Å². The van der Waals surface area contributed by atoms with Crippen LogP contribution >= 0.6 is 11.8 Å². The molecule has 1 aromatic carbocycles. The van der Waals surface area contributed by atoms with Gasteiger partial charge in [0.15, 0.2) is 0 Å². The molecule has 0 N–H and O–H groups in total. The van der Waals surface area contributed by atoms with Crippen molar-refractivity contribution in [2.75, 3.05) is 5.75 Å². The molecule has 1 heterocycles. The summed E-state index contributed by atoms with van der Waals surface area (Å²) >= 11 is 1.77. The van der Waals surface area contributed by atoms with E-state index < -0.39 is 0 Å². The zero-order chi connectivity index (χ0) is 17.4. The molecule has 0 aliphatic heterocycles. The van der Waals surface area contributed by atoms with Crippen LogP contribution in [0.5, 0.6) is 0 Å². The highest BCUT2D eigenvalue weighted by Crippen LogP contribution is 2.40. The van der Waals surface area contributed by atoms with E-state index in [0.717, 1.165) is 38.7 Å². The van der Waals surface area contributed by atoms with Crippen molar-refractivity contribution in [3.05, 3.63) is 73.0 Å². The van der Waals surface area contributed by atoms with Gasteiger partial charge in [-0.05, 0) is 54.8 Å². The van der Waals surface area contributed by atoms with Gasteiger partial charge in [0.2, 0.25) is 0 Å². The van der Waals surface area contributed by atoms with Crippen LogP contribution in [0.2, 0.25) is 0 Å². The highest BCUT2D eigenvalue weighted by atomic mass is 32.2. The van der Waals surface area contributed by atoms with Gasteiger partial charge in [-0.1, -0.05) is 43.9 Å². The van der Waals surface area contributed by atoms with Crippen LogP contribution < -0.4 is 0 Å². The van der Waals surface area contributed by atoms with Crippen LogP contribution in [-0.2, 0) is 0 Å². The lowest BCUT2D eigenvalue weighted by Crippen LogP contribution is -1.91. The van der Waals surface area contributed by atoms with Gasteiger partial charge in [-0.25, -0.2) is 0 Å². The van der Waals surface area contributed by atoms with Gasteiger partial charge in [0.05, 0.1) is 11.4 Å². The first-order valence-corrected chi connectivity index (χ1v) is 8.88. The average molecular weight is 334 g/mol. The maximum Gasteiger partial charge on any atom is 0.0771 e. The summed E-state index contributed by atoms with van der Waals surface area (Å²) in [7, 11) is 0. The van der Waals surface area contributed by atoms with Crippen LogP contribution in [0.4, 0.5) is 5.69 Å². The number of hydrogen-bond donors (Lipinski definition) is 0. The molecule has 2 rings (SSSR count). The Hall–Kier alpha value is -2.39. The lowest BCUT2D eigenvalue weighted by atomic mass is 9.99. The Bertz CT molecular complexity index is 774. The van der Waals surface area contributed by atoms with Crippen LogP contribution in [-0.4, -0.2) is 17.5 Å². The molecule has 0 aliphatic carbocycles. The lowest BCUT2D eigenvalue weighted by Gasteiger charge is -2.14. The number of thioether (sulfide) groups is 1. The Labute approximate surface area is 148 Å². The second kappa shape index (κ2) is 9.04. The average Bonchev–Trinajstić information content (AvgIpc) is 2.63. The Morgan fingerprint density at radius 2 is 2.17 bits per heavy atom. The number of aliphatic imine (C=N–C) groups is 1. The van der Waals surface area contributed by atoms with Crippen LogP contribution in [0.25, 0.3) is 16.8 Å². The van der Waals surface area contributed by atoms with Crippen LogP contribution in [0.15, 0.2) is 77.3 Å². The Kier molecular flexibility index (Phi) is 6.76. The number of aromatic nitrogens is 1. The number of pyridine rings is 1. The molecule has 1 aromatic heterocycles. The van der Waals surface area contributed by atoms with E-state index in [4.69, 9.17) is 0 Å². The third kappa shape index (κ3) is 4.12. The standard InChI is InChI=1S/C21H22N2S/c1-5-8-11-16(6-2)17-14-18(19-12-9-10-13-23-19)21(24-7-3)20(15-17)22-4/h5-6,8-15H,1,4,7H2,2-3H3/b11-8-,16-6+. The molecule has 0 amide bonds. The van der Waals surface area contributed by atoms with E-state index in [1.807, 2.05) is 43.5 Å². The second-order valence-corrected chi connectivity index (χ2v) is 6.29. The maximum atomic E-state index is 4.53. The summed E-state index contributed by atoms with van der Waals surface area (Å²) in [6.07, 6.45) is 9.65. The molecular formula is C21H22N2S. The molecule has 122 valence electrons. The zero-order valence-electron chi connectivity index (χ0n) is 14.2. The van der Waals surface area contributed by atoms with Crippen molar-refractivity contribution >= 4 is 29.7 Å². The van der Waals surface area contributed by atoms with Crippen molar-refractivity contribution in [3.63, 3.8) is 0 Å². The Morgan fingerprint density at radius 1 is 1.33 bits per heavy atom. The van der Waals surface area contributed by atoms with Crippen LogP contribution in [0.3, 0.4) is 0 Å². The van der Waals surface area contributed by atoms with E-state index in [0.29, 0.717) is 0 Å². The summed E-state index contributed by atoms with van der Waals surface area (Å²) < 4.78 is 0. The Morgan fingerprint density at radius 3 is 2.75 bits per heavy atom. The van der Waals surface area contributed by atoms with E-state index in [1.54, 1.807) is 17.8 Å². The first kappa shape index (κ1) is 18.0. The number of nitrogens with zero attached hydrogens (tertiary/aromatic N) is 2. The first-order chi connectivity index (χ1) is 11.7. The topological polar surface area (TPSA) is 25.2 Å². The van der Waals surface area contributed by atoms with Gasteiger partial charge in [-0.15, -0.1) is 11.8 Å². The minimum Gasteiger partial charge on any atom is -0.263 e. The zero-order valence-corrected chi connectivity index (χ0v) is 15.0. The monoisotopic (exact) mass is 334 g/mol. The third-order valence-corrected chi connectivity index (χ3v) is 4.53. The van der Waals surface area contributed by atoms with Crippen LogP contribution in [0.1, 0.15) is 19.4 Å². The molecule has 24 heavy (non-hydrogen) atoms. The summed E-state index contributed by atoms with van der Waals surface area (Å²) in [4.78, 5) is 9.91. The van der Waals surface area contributed by atoms with Gasteiger partial charge in [-0.2, -0.15) is 0 Å². The SMILES string of the molecule is C=C/C=C\C(=C/C)c1cc(N=C)c(SCC)c(-c2ccccn2)c1. The second-order valence-electron chi connectivity index (χ2n) is 5.02. The van der Waals surface area contributed by atoms with Gasteiger partial charge >= 0.3 is 0 Å². The minimum absolute atomic E-state index is 0.895. The fourth-order valence-corrected chi connectivity index (χ4v) is 3.32. The number of rotatable bonds is 7. The molecule has 0 saturated carbocycles. The van der Waals surface area contributed by atoms with Gasteiger partial charge in [-0.3, -0.25) is 9.98 Å². The van der Waals surface area contributed by atoms with Crippen molar-refractivity contribution in [1.82, 2.24) is 4.98 Å². The van der Waals surface area contributed by atoms with Crippen LogP contribution in [0, 0.1) is 0 Å². The number of hydrogen-bond acceptors (Lipinski definition) is 3. The van der Waals surface area contributed by atoms with Crippen molar-refractivity contribution in [2.45, 2.75) is 18.7 Å². The highest BCUT2D eigenvalue weighted by molar-refractivity contribution is 7.99. The van der Waals surface area contributed by atoms with Crippen molar-refractivity contribution in [1.29, 1.82) is 0 Å². The quantitative estimate of drug-likeness (QED) is 0.335. The molecular weight excluding hydrogens is 312 g/mol. The molecule has 3 heteroatoms. The fourth-order valence-electron chi connectivity index (χ4n) is 2.44. The fraction of sp³-hybridized carbons (Fsp3) is 0.143. The summed E-state index contributed by atoms with van der Waals surface area (Å²) in [6, 6.07) is 10.2.